The van der Waals surface area contributed by atoms with Crippen molar-refractivity contribution in [1.82, 2.24) is 9.88 Å². The Morgan fingerprint density at radius 1 is 1.24 bits per heavy atom. The van der Waals surface area contributed by atoms with Crippen LogP contribution in [0.4, 0.5) is 0 Å². The summed E-state index contributed by atoms with van der Waals surface area (Å²) in [6.07, 6.45) is 5.66. The second kappa shape index (κ2) is 6.57. The predicted molar refractivity (Wildman–Crippen MR) is 81.3 cm³/mol. The third-order valence-electron chi connectivity index (χ3n) is 3.06. The molecule has 0 atom stereocenters. The zero-order valence-corrected chi connectivity index (χ0v) is 12.9. The fraction of sp³-hybridized carbons (Fsp3) is 0.412. The molecule has 0 aromatic carbocycles. The van der Waals surface area contributed by atoms with Gasteiger partial charge >= 0.3 is 0 Å². The van der Waals surface area contributed by atoms with Crippen molar-refractivity contribution in [2.75, 3.05) is 0 Å². The maximum Gasteiger partial charge on any atom is 0.223 e. The number of furan rings is 1. The molecule has 4 heteroatoms. The van der Waals surface area contributed by atoms with Crippen molar-refractivity contribution >= 4 is 5.91 Å². The highest BCUT2D eigenvalue weighted by Crippen LogP contribution is 2.21. The Hall–Kier alpha value is -2.10. The van der Waals surface area contributed by atoms with Crippen LogP contribution in [0.2, 0.25) is 0 Å². The molecule has 0 aliphatic heterocycles. The number of rotatable bonds is 5. The lowest BCUT2D eigenvalue weighted by atomic mass is 9.91. The number of pyridine rings is 1. The number of hydrogen-bond donors (Lipinski definition) is 0. The van der Waals surface area contributed by atoms with E-state index in [1.54, 1.807) is 18.7 Å². The van der Waals surface area contributed by atoms with Gasteiger partial charge in [0.2, 0.25) is 5.91 Å². The summed E-state index contributed by atoms with van der Waals surface area (Å²) < 4.78 is 5.37. The van der Waals surface area contributed by atoms with Gasteiger partial charge in [0.15, 0.2) is 0 Å². The molecule has 2 heterocycles. The molecule has 112 valence electrons. The summed E-state index contributed by atoms with van der Waals surface area (Å²) in [5, 5.41) is 0. The van der Waals surface area contributed by atoms with Crippen LogP contribution < -0.4 is 0 Å². The first kappa shape index (κ1) is 15.3. The minimum absolute atomic E-state index is 0.0343. The van der Waals surface area contributed by atoms with Gasteiger partial charge in [-0.25, -0.2) is 0 Å². The van der Waals surface area contributed by atoms with Crippen LogP contribution in [0.25, 0.3) is 0 Å². The molecular formula is C17H22N2O2. The van der Waals surface area contributed by atoms with Gasteiger partial charge in [-0.2, -0.15) is 0 Å². The largest absolute Gasteiger partial charge is 0.467 e. The molecule has 21 heavy (non-hydrogen) atoms. The van der Waals surface area contributed by atoms with Crippen molar-refractivity contribution in [1.29, 1.82) is 0 Å². The molecule has 0 N–H and O–H groups in total. The fourth-order valence-electron chi connectivity index (χ4n) is 2.10. The van der Waals surface area contributed by atoms with Crippen molar-refractivity contribution in [3.8, 4) is 0 Å². The van der Waals surface area contributed by atoms with Crippen LogP contribution in [-0.2, 0) is 17.9 Å². The molecule has 2 rings (SSSR count). The minimum Gasteiger partial charge on any atom is -0.467 e. The van der Waals surface area contributed by atoms with Crippen LogP contribution in [0.3, 0.4) is 0 Å². The molecule has 0 aliphatic rings. The summed E-state index contributed by atoms with van der Waals surface area (Å²) in [5.41, 5.74) is 0.985. The SMILES string of the molecule is CC(C)(C)CC(=O)N(Cc1cccnc1)Cc1ccco1. The quantitative estimate of drug-likeness (QED) is 0.843. The fourth-order valence-corrected chi connectivity index (χ4v) is 2.10. The summed E-state index contributed by atoms with van der Waals surface area (Å²) in [5.74, 6) is 0.920. The van der Waals surface area contributed by atoms with Crippen LogP contribution in [0.1, 0.15) is 38.5 Å². The van der Waals surface area contributed by atoms with E-state index in [1.165, 1.54) is 0 Å². The molecule has 0 fully saturated rings. The van der Waals surface area contributed by atoms with E-state index in [4.69, 9.17) is 4.42 Å². The maximum atomic E-state index is 12.6. The Kier molecular flexibility index (Phi) is 4.78. The third kappa shape index (κ3) is 5.06. The van der Waals surface area contributed by atoms with Gasteiger partial charge in [0.05, 0.1) is 12.8 Å². The first-order valence-corrected chi connectivity index (χ1v) is 7.13. The zero-order valence-electron chi connectivity index (χ0n) is 12.9. The average Bonchev–Trinajstić information content (AvgIpc) is 2.90. The lowest BCUT2D eigenvalue weighted by Crippen LogP contribution is -2.32. The molecule has 2 aromatic heterocycles. The van der Waals surface area contributed by atoms with Crippen molar-refractivity contribution < 1.29 is 9.21 Å². The van der Waals surface area contributed by atoms with Crippen molar-refractivity contribution in [2.24, 2.45) is 5.41 Å². The highest BCUT2D eigenvalue weighted by atomic mass is 16.3. The molecule has 0 bridgehead atoms. The second-order valence-electron chi connectivity index (χ2n) is 6.43. The van der Waals surface area contributed by atoms with Gasteiger partial charge < -0.3 is 9.32 Å². The second-order valence-corrected chi connectivity index (χ2v) is 6.43. The number of carbonyl (C=O) groups excluding carboxylic acids is 1. The van der Waals surface area contributed by atoms with Gasteiger partial charge in [0.25, 0.3) is 0 Å². The molecule has 0 radical (unpaired) electrons. The lowest BCUT2D eigenvalue weighted by molar-refractivity contribution is -0.134. The molecule has 1 amide bonds. The number of hydrogen-bond acceptors (Lipinski definition) is 3. The van der Waals surface area contributed by atoms with Gasteiger partial charge in [-0.15, -0.1) is 0 Å². The van der Waals surface area contributed by atoms with Gasteiger partial charge in [-0.05, 0) is 29.2 Å². The standard InChI is InChI=1S/C17H22N2O2/c1-17(2,3)10-16(20)19(13-15-7-5-9-21-15)12-14-6-4-8-18-11-14/h4-9,11H,10,12-13H2,1-3H3. The van der Waals surface area contributed by atoms with Crippen LogP contribution in [-0.4, -0.2) is 15.8 Å². The average molecular weight is 286 g/mol. The van der Waals surface area contributed by atoms with E-state index < -0.39 is 0 Å². The Balaban J connectivity index is 2.11. The van der Waals surface area contributed by atoms with Crippen LogP contribution >= 0.6 is 0 Å². The summed E-state index contributed by atoms with van der Waals surface area (Å²) in [6.45, 7) is 7.24. The Bertz CT molecular complexity index is 556. The third-order valence-corrected chi connectivity index (χ3v) is 3.06. The summed E-state index contributed by atoms with van der Waals surface area (Å²) in [4.78, 5) is 18.5. The van der Waals surface area contributed by atoms with E-state index in [1.807, 2.05) is 29.2 Å². The molecule has 4 nitrogen and oxygen atoms in total. The van der Waals surface area contributed by atoms with Crippen LogP contribution in [0.15, 0.2) is 47.3 Å². The summed E-state index contributed by atoms with van der Waals surface area (Å²) in [7, 11) is 0. The monoisotopic (exact) mass is 286 g/mol. The number of amides is 1. The van der Waals surface area contributed by atoms with Gasteiger partial charge in [-0.1, -0.05) is 26.8 Å². The minimum atomic E-state index is -0.0343. The molecular weight excluding hydrogens is 264 g/mol. The molecule has 0 saturated carbocycles. The van der Waals surface area contributed by atoms with E-state index >= 15 is 0 Å². The topological polar surface area (TPSA) is 46.3 Å². The molecule has 0 unspecified atom stereocenters. The van der Waals surface area contributed by atoms with Crippen molar-refractivity contribution in [3.63, 3.8) is 0 Å². The number of nitrogens with zero attached hydrogens (tertiary/aromatic N) is 2. The maximum absolute atomic E-state index is 12.6. The molecule has 0 aliphatic carbocycles. The van der Waals surface area contributed by atoms with Gasteiger partial charge in [-0.3, -0.25) is 9.78 Å². The first-order valence-electron chi connectivity index (χ1n) is 7.13. The Labute approximate surface area is 125 Å². The Morgan fingerprint density at radius 3 is 2.62 bits per heavy atom. The van der Waals surface area contributed by atoms with Gasteiger partial charge in [0.1, 0.15) is 5.76 Å². The Morgan fingerprint density at radius 2 is 2.05 bits per heavy atom. The summed E-state index contributed by atoms with van der Waals surface area (Å²) in [6, 6.07) is 7.59. The van der Waals surface area contributed by atoms with E-state index in [-0.39, 0.29) is 11.3 Å². The van der Waals surface area contributed by atoms with E-state index in [9.17, 15) is 4.79 Å². The number of carbonyl (C=O) groups is 1. The normalized spacial score (nSPS) is 11.4. The number of aromatic nitrogens is 1. The summed E-state index contributed by atoms with van der Waals surface area (Å²) >= 11 is 0. The van der Waals surface area contributed by atoms with E-state index in [0.717, 1.165) is 11.3 Å². The van der Waals surface area contributed by atoms with E-state index in [0.29, 0.717) is 19.5 Å². The molecule has 2 aromatic rings. The van der Waals surface area contributed by atoms with Crippen LogP contribution in [0.5, 0.6) is 0 Å². The molecule has 0 spiro atoms. The highest BCUT2D eigenvalue weighted by Gasteiger charge is 2.22. The zero-order chi connectivity index (χ0) is 15.3. The lowest BCUT2D eigenvalue weighted by Gasteiger charge is -2.26. The van der Waals surface area contributed by atoms with Crippen LogP contribution in [0, 0.1) is 5.41 Å². The van der Waals surface area contributed by atoms with Gasteiger partial charge in [0, 0.05) is 25.4 Å². The van der Waals surface area contributed by atoms with E-state index in [2.05, 4.69) is 25.8 Å². The van der Waals surface area contributed by atoms with Crippen molar-refractivity contribution in [3.05, 3.63) is 54.2 Å². The van der Waals surface area contributed by atoms with Crippen molar-refractivity contribution in [2.45, 2.75) is 40.3 Å². The predicted octanol–water partition coefficient (Wildman–Crippen LogP) is 3.64. The first-order chi connectivity index (χ1) is 9.94. The smallest absolute Gasteiger partial charge is 0.223 e. The highest BCUT2D eigenvalue weighted by molar-refractivity contribution is 5.76. The molecule has 0 saturated heterocycles.